The Balaban J connectivity index is 1.49. The number of fused-ring (bicyclic) bond motifs is 1. The van der Waals surface area contributed by atoms with Crippen LogP contribution < -0.4 is 9.80 Å². The molecule has 5 nitrogen and oxygen atoms in total. The molecule has 1 amide bonds. The van der Waals surface area contributed by atoms with Gasteiger partial charge in [-0.2, -0.15) is 0 Å². The average molecular weight is 563 g/mol. The molecule has 2 aliphatic heterocycles. The van der Waals surface area contributed by atoms with Gasteiger partial charge in [0.05, 0.1) is 11.4 Å². The van der Waals surface area contributed by atoms with Crippen LogP contribution in [-0.2, 0) is 11.2 Å². The van der Waals surface area contributed by atoms with E-state index in [0.717, 1.165) is 57.4 Å². The van der Waals surface area contributed by atoms with E-state index >= 15 is 0 Å². The van der Waals surface area contributed by atoms with Gasteiger partial charge in [0.1, 0.15) is 9.93 Å². The SMILES string of the molecule is CCN(CC)c1ccc(N=C2S/C(=C3\Sc4ccc(Cl)cc4N3CC)C(=O)N2CCc2ccccc2)cc1. The molecule has 0 bridgehead atoms. The van der Waals surface area contributed by atoms with E-state index in [0.29, 0.717) is 11.6 Å². The summed E-state index contributed by atoms with van der Waals surface area (Å²) in [5, 5.41) is 2.36. The van der Waals surface area contributed by atoms with E-state index in [9.17, 15) is 4.79 Å². The largest absolute Gasteiger partial charge is 0.372 e. The number of benzene rings is 3. The van der Waals surface area contributed by atoms with Gasteiger partial charge in [0.15, 0.2) is 5.17 Å². The second kappa shape index (κ2) is 11.9. The highest BCUT2D eigenvalue weighted by Crippen LogP contribution is 2.51. The third-order valence-electron chi connectivity index (χ3n) is 6.71. The molecular weight excluding hydrogens is 532 g/mol. The molecule has 0 radical (unpaired) electrons. The number of hydrogen-bond donors (Lipinski definition) is 0. The van der Waals surface area contributed by atoms with Gasteiger partial charge < -0.3 is 9.80 Å². The number of halogens is 1. The summed E-state index contributed by atoms with van der Waals surface area (Å²) >= 11 is 9.41. The first-order chi connectivity index (χ1) is 18.5. The Kier molecular flexibility index (Phi) is 8.36. The Labute approximate surface area is 238 Å². The van der Waals surface area contributed by atoms with E-state index in [2.05, 4.69) is 54.8 Å². The molecule has 2 heterocycles. The van der Waals surface area contributed by atoms with E-state index in [1.54, 1.807) is 11.8 Å². The van der Waals surface area contributed by atoms with Crippen LogP contribution in [0, 0.1) is 0 Å². The number of amidine groups is 1. The molecular formula is C30H31ClN4OS2. The lowest BCUT2D eigenvalue weighted by Gasteiger charge is -2.21. The van der Waals surface area contributed by atoms with Crippen LogP contribution in [0.15, 0.2) is 92.6 Å². The lowest BCUT2D eigenvalue weighted by Crippen LogP contribution is -2.32. The molecule has 5 rings (SSSR count). The van der Waals surface area contributed by atoms with Crippen LogP contribution >= 0.6 is 35.1 Å². The topological polar surface area (TPSA) is 39.1 Å². The van der Waals surface area contributed by atoms with Crippen molar-refractivity contribution in [2.24, 2.45) is 4.99 Å². The quantitative estimate of drug-likeness (QED) is 0.262. The number of aliphatic imine (C=N–C) groups is 1. The number of hydrogen-bond acceptors (Lipinski definition) is 6. The number of carbonyl (C=O) groups is 1. The molecule has 0 atom stereocenters. The Bertz CT molecular complexity index is 1370. The fourth-order valence-corrected chi connectivity index (χ4v) is 7.24. The molecule has 0 unspecified atom stereocenters. The van der Waals surface area contributed by atoms with Gasteiger partial charge >= 0.3 is 0 Å². The van der Waals surface area contributed by atoms with Crippen molar-refractivity contribution in [3.05, 3.63) is 93.3 Å². The zero-order valence-corrected chi connectivity index (χ0v) is 24.2. The van der Waals surface area contributed by atoms with Crippen LogP contribution in [0.3, 0.4) is 0 Å². The Hall–Kier alpha value is -2.87. The first kappa shape index (κ1) is 26.7. The number of rotatable bonds is 8. The molecule has 0 aromatic heterocycles. The summed E-state index contributed by atoms with van der Waals surface area (Å²) in [6, 6.07) is 24.5. The molecule has 0 N–H and O–H groups in total. The highest BCUT2D eigenvalue weighted by molar-refractivity contribution is 8.19. The molecule has 2 aliphatic rings. The molecule has 196 valence electrons. The Morgan fingerprint density at radius 1 is 0.895 bits per heavy atom. The zero-order chi connectivity index (χ0) is 26.6. The third-order valence-corrected chi connectivity index (χ3v) is 9.32. The summed E-state index contributed by atoms with van der Waals surface area (Å²) in [5.74, 6) is 0.00398. The summed E-state index contributed by atoms with van der Waals surface area (Å²) in [6.45, 7) is 9.64. The average Bonchev–Trinajstić information content (AvgIpc) is 3.45. The number of nitrogens with zero attached hydrogens (tertiary/aromatic N) is 4. The fourth-order valence-electron chi connectivity index (χ4n) is 4.68. The van der Waals surface area contributed by atoms with E-state index in [1.807, 2.05) is 53.4 Å². The minimum atomic E-state index is 0.00398. The van der Waals surface area contributed by atoms with Crippen molar-refractivity contribution in [3.63, 3.8) is 0 Å². The molecule has 1 saturated heterocycles. The molecule has 1 fully saturated rings. The second-order valence-corrected chi connectivity index (χ2v) is 11.4. The first-order valence-corrected chi connectivity index (χ1v) is 15.0. The first-order valence-electron chi connectivity index (χ1n) is 13.0. The van der Waals surface area contributed by atoms with Gasteiger partial charge in [-0.3, -0.25) is 9.69 Å². The monoisotopic (exact) mass is 562 g/mol. The molecule has 3 aromatic carbocycles. The predicted octanol–water partition coefficient (Wildman–Crippen LogP) is 7.79. The minimum absolute atomic E-state index is 0.00398. The van der Waals surface area contributed by atoms with Gasteiger partial charge in [-0.15, -0.1) is 0 Å². The van der Waals surface area contributed by atoms with Gasteiger partial charge in [0.2, 0.25) is 0 Å². The van der Waals surface area contributed by atoms with Crippen molar-refractivity contribution in [1.82, 2.24) is 4.90 Å². The van der Waals surface area contributed by atoms with Crippen LogP contribution in [-0.4, -0.2) is 42.2 Å². The second-order valence-electron chi connectivity index (χ2n) is 8.97. The fraction of sp³-hybridized carbons (Fsp3) is 0.267. The molecule has 0 saturated carbocycles. The van der Waals surface area contributed by atoms with E-state index in [4.69, 9.17) is 16.6 Å². The van der Waals surface area contributed by atoms with Crippen molar-refractivity contribution >= 4 is 63.3 Å². The van der Waals surface area contributed by atoms with Crippen molar-refractivity contribution in [3.8, 4) is 0 Å². The van der Waals surface area contributed by atoms with Gasteiger partial charge in [0, 0.05) is 41.8 Å². The Morgan fingerprint density at radius 3 is 2.32 bits per heavy atom. The van der Waals surface area contributed by atoms with Crippen LogP contribution in [0.25, 0.3) is 0 Å². The molecule has 0 spiro atoms. The van der Waals surface area contributed by atoms with Gasteiger partial charge in [-0.25, -0.2) is 4.99 Å². The highest BCUT2D eigenvalue weighted by atomic mass is 35.5. The lowest BCUT2D eigenvalue weighted by molar-refractivity contribution is -0.122. The van der Waals surface area contributed by atoms with Crippen molar-refractivity contribution in [2.45, 2.75) is 32.1 Å². The molecule has 38 heavy (non-hydrogen) atoms. The lowest BCUT2D eigenvalue weighted by atomic mass is 10.1. The minimum Gasteiger partial charge on any atom is -0.372 e. The smallest absolute Gasteiger partial charge is 0.269 e. The zero-order valence-electron chi connectivity index (χ0n) is 21.9. The van der Waals surface area contributed by atoms with Crippen LogP contribution in [0.4, 0.5) is 17.1 Å². The maximum Gasteiger partial charge on any atom is 0.269 e. The number of thioether (sulfide) groups is 2. The molecule has 0 aliphatic carbocycles. The predicted molar refractivity (Wildman–Crippen MR) is 164 cm³/mol. The maximum absolute atomic E-state index is 13.9. The highest BCUT2D eigenvalue weighted by Gasteiger charge is 2.39. The normalized spacial score (nSPS) is 18.0. The van der Waals surface area contributed by atoms with Crippen molar-refractivity contribution in [2.75, 3.05) is 36.0 Å². The summed E-state index contributed by atoms with van der Waals surface area (Å²) in [7, 11) is 0. The molecule has 8 heteroatoms. The van der Waals surface area contributed by atoms with Gasteiger partial charge in [-0.05, 0) is 87.0 Å². The van der Waals surface area contributed by atoms with Crippen LogP contribution in [0.5, 0.6) is 0 Å². The number of carbonyl (C=O) groups excluding carboxylic acids is 1. The number of amides is 1. The van der Waals surface area contributed by atoms with Gasteiger partial charge in [0.25, 0.3) is 5.91 Å². The van der Waals surface area contributed by atoms with E-state index in [1.165, 1.54) is 23.0 Å². The van der Waals surface area contributed by atoms with E-state index < -0.39 is 0 Å². The summed E-state index contributed by atoms with van der Waals surface area (Å²) in [6.07, 6.45) is 0.760. The van der Waals surface area contributed by atoms with E-state index in [-0.39, 0.29) is 5.91 Å². The van der Waals surface area contributed by atoms with Crippen LogP contribution in [0.2, 0.25) is 5.02 Å². The summed E-state index contributed by atoms with van der Waals surface area (Å²) in [5.41, 5.74) is 4.26. The third kappa shape index (κ3) is 5.46. The van der Waals surface area contributed by atoms with Crippen molar-refractivity contribution < 1.29 is 4.79 Å². The van der Waals surface area contributed by atoms with Crippen molar-refractivity contribution in [1.29, 1.82) is 0 Å². The van der Waals surface area contributed by atoms with Crippen LogP contribution in [0.1, 0.15) is 26.3 Å². The standard InChI is InChI=1S/C30H31ClN4OS2/c1-4-33(5-2)24-15-13-23(14-16-24)32-30-35(19-18-21-10-8-7-9-11-21)28(36)27(38-30)29-34(6-3)25-20-22(31)12-17-26(25)37-29/h7-17,20H,4-6,18-19H2,1-3H3/b29-27-,32-30?. The molecule has 3 aromatic rings. The Morgan fingerprint density at radius 2 is 1.63 bits per heavy atom. The maximum atomic E-state index is 13.9. The summed E-state index contributed by atoms with van der Waals surface area (Å²) in [4.78, 5) is 27.0. The van der Waals surface area contributed by atoms with Gasteiger partial charge in [-0.1, -0.05) is 53.7 Å². The summed E-state index contributed by atoms with van der Waals surface area (Å²) < 4.78 is 0. The number of anilines is 2.